The Kier molecular flexibility index (Phi) is 3.41. The molecule has 0 bridgehead atoms. The first kappa shape index (κ1) is 12.4. The molecular weight excluding hydrogens is 223 g/mol. The van der Waals surface area contributed by atoms with Crippen LogP contribution in [0.25, 0.3) is 0 Å². The van der Waals surface area contributed by atoms with Crippen LogP contribution in [0.1, 0.15) is 22.8 Å². The molecule has 0 saturated heterocycles. The second-order valence-corrected chi connectivity index (χ2v) is 2.98. The highest BCUT2D eigenvalue weighted by molar-refractivity contribution is 5.96. The lowest BCUT2D eigenvalue weighted by Gasteiger charge is -2.15. The molecule has 3 nitrogen and oxygen atoms in total. The Labute approximate surface area is 90.0 Å². The molecule has 1 amide bonds. The fourth-order valence-corrected chi connectivity index (χ4v) is 1.25. The minimum atomic E-state index is -4.57. The van der Waals surface area contributed by atoms with Crippen LogP contribution >= 0.6 is 0 Å². The fraction of sp³-hybridized carbons (Fsp3) is 0.300. The number of hydrogen-bond acceptors (Lipinski definition) is 2. The van der Waals surface area contributed by atoms with Crippen LogP contribution in [0.15, 0.2) is 18.2 Å². The Morgan fingerprint density at radius 2 is 2.06 bits per heavy atom. The Hall–Kier alpha value is -1.72. The lowest BCUT2D eigenvalue weighted by Crippen LogP contribution is -2.17. The molecule has 0 radical (unpaired) electrons. The number of hydrogen-bond donors (Lipinski definition) is 1. The van der Waals surface area contributed by atoms with E-state index in [1.807, 2.05) is 0 Å². The minimum Gasteiger partial charge on any atom is -0.492 e. The standard InChI is InChI=1S/C10H10F3NO2/c1-2-16-8-6(9(14)15)4-3-5-7(8)10(11,12)13/h3-5H,2H2,1H3,(H2,14,15). The Balaban J connectivity index is 3.38. The molecule has 6 heteroatoms. The van der Waals surface area contributed by atoms with Gasteiger partial charge in [0.05, 0.1) is 17.7 Å². The van der Waals surface area contributed by atoms with E-state index in [9.17, 15) is 18.0 Å². The third kappa shape index (κ3) is 2.44. The Morgan fingerprint density at radius 3 is 2.50 bits per heavy atom. The molecule has 0 fully saturated rings. The van der Waals surface area contributed by atoms with Gasteiger partial charge in [-0.2, -0.15) is 13.2 Å². The van der Waals surface area contributed by atoms with Gasteiger partial charge in [-0.15, -0.1) is 0 Å². The number of nitrogens with two attached hydrogens (primary N) is 1. The van der Waals surface area contributed by atoms with Crippen molar-refractivity contribution in [1.82, 2.24) is 0 Å². The van der Waals surface area contributed by atoms with Crippen LogP contribution in [-0.4, -0.2) is 12.5 Å². The maximum absolute atomic E-state index is 12.6. The first-order valence-electron chi connectivity index (χ1n) is 4.50. The minimum absolute atomic E-state index is 0.0212. The molecule has 88 valence electrons. The van der Waals surface area contributed by atoms with Crippen molar-refractivity contribution in [2.24, 2.45) is 5.73 Å². The van der Waals surface area contributed by atoms with Crippen LogP contribution < -0.4 is 10.5 Å². The number of para-hydroxylation sites is 1. The summed E-state index contributed by atoms with van der Waals surface area (Å²) in [4.78, 5) is 11.0. The van der Waals surface area contributed by atoms with Crippen molar-refractivity contribution < 1.29 is 22.7 Å². The highest BCUT2D eigenvalue weighted by atomic mass is 19.4. The zero-order chi connectivity index (χ0) is 12.3. The third-order valence-electron chi connectivity index (χ3n) is 1.87. The van der Waals surface area contributed by atoms with Gasteiger partial charge >= 0.3 is 6.18 Å². The van der Waals surface area contributed by atoms with Gasteiger partial charge in [-0.3, -0.25) is 4.79 Å². The van der Waals surface area contributed by atoms with Crippen molar-refractivity contribution in [2.45, 2.75) is 13.1 Å². The van der Waals surface area contributed by atoms with Gasteiger partial charge in [-0.1, -0.05) is 6.07 Å². The average molecular weight is 233 g/mol. The quantitative estimate of drug-likeness (QED) is 0.870. The second kappa shape index (κ2) is 4.42. The first-order valence-corrected chi connectivity index (χ1v) is 4.50. The lowest BCUT2D eigenvalue weighted by atomic mass is 10.1. The van der Waals surface area contributed by atoms with E-state index in [4.69, 9.17) is 10.5 Å². The summed E-state index contributed by atoms with van der Waals surface area (Å²) in [5.41, 5.74) is 3.71. The predicted molar refractivity (Wildman–Crippen MR) is 51.1 cm³/mol. The summed E-state index contributed by atoms with van der Waals surface area (Å²) in [7, 11) is 0. The highest BCUT2D eigenvalue weighted by Crippen LogP contribution is 2.38. The van der Waals surface area contributed by atoms with Crippen molar-refractivity contribution in [3.8, 4) is 5.75 Å². The number of rotatable bonds is 3. The molecule has 2 N–H and O–H groups in total. The molecule has 1 rings (SSSR count). The fourth-order valence-electron chi connectivity index (χ4n) is 1.25. The normalized spacial score (nSPS) is 11.2. The molecule has 0 aliphatic rings. The molecule has 0 aliphatic carbocycles. The molecule has 0 aliphatic heterocycles. The average Bonchev–Trinajstić information content (AvgIpc) is 2.16. The summed E-state index contributed by atoms with van der Waals surface area (Å²) in [5.74, 6) is -1.46. The Bertz CT molecular complexity index is 402. The lowest BCUT2D eigenvalue weighted by molar-refractivity contribution is -0.138. The summed E-state index contributed by atoms with van der Waals surface area (Å²) < 4.78 is 42.6. The maximum atomic E-state index is 12.6. The van der Waals surface area contributed by atoms with E-state index in [0.717, 1.165) is 12.1 Å². The van der Waals surface area contributed by atoms with Crippen molar-refractivity contribution in [1.29, 1.82) is 0 Å². The van der Waals surface area contributed by atoms with E-state index >= 15 is 0 Å². The van der Waals surface area contributed by atoms with Gasteiger partial charge in [0.2, 0.25) is 0 Å². The summed E-state index contributed by atoms with van der Waals surface area (Å²) in [5, 5.41) is 0. The Morgan fingerprint density at radius 1 is 1.44 bits per heavy atom. The molecule has 0 atom stereocenters. The SMILES string of the molecule is CCOc1c(C(N)=O)cccc1C(F)(F)F. The van der Waals surface area contributed by atoms with Gasteiger partial charge in [-0.05, 0) is 19.1 Å². The number of carbonyl (C=O) groups is 1. The summed E-state index contributed by atoms with van der Waals surface area (Å²) in [6.07, 6.45) is -4.57. The number of primary amides is 1. The number of alkyl halides is 3. The van der Waals surface area contributed by atoms with Crippen molar-refractivity contribution in [2.75, 3.05) is 6.61 Å². The van der Waals surface area contributed by atoms with Gasteiger partial charge < -0.3 is 10.5 Å². The number of benzene rings is 1. The smallest absolute Gasteiger partial charge is 0.419 e. The van der Waals surface area contributed by atoms with E-state index in [1.165, 1.54) is 13.0 Å². The number of carbonyl (C=O) groups excluding carboxylic acids is 1. The van der Waals surface area contributed by atoms with Crippen LogP contribution in [0.5, 0.6) is 5.75 Å². The molecule has 0 heterocycles. The van der Waals surface area contributed by atoms with Crippen LogP contribution in [0.4, 0.5) is 13.2 Å². The highest BCUT2D eigenvalue weighted by Gasteiger charge is 2.35. The first-order chi connectivity index (χ1) is 7.38. The molecule has 0 unspecified atom stereocenters. The topological polar surface area (TPSA) is 52.3 Å². The zero-order valence-corrected chi connectivity index (χ0v) is 8.47. The summed E-state index contributed by atoms with van der Waals surface area (Å²) in [6.45, 7) is 1.55. The molecular formula is C10H10F3NO2. The molecule has 1 aromatic carbocycles. The molecule has 0 saturated carbocycles. The molecule has 0 aromatic heterocycles. The number of halogens is 3. The van der Waals surface area contributed by atoms with Gasteiger partial charge in [0.15, 0.2) is 0 Å². The van der Waals surface area contributed by atoms with Crippen molar-refractivity contribution in [3.05, 3.63) is 29.3 Å². The van der Waals surface area contributed by atoms with E-state index in [1.54, 1.807) is 0 Å². The van der Waals surface area contributed by atoms with Crippen LogP contribution in [0, 0.1) is 0 Å². The molecule has 0 spiro atoms. The number of amides is 1. The van der Waals surface area contributed by atoms with Crippen LogP contribution in [-0.2, 0) is 6.18 Å². The largest absolute Gasteiger partial charge is 0.492 e. The van der Waals surface area contributed by atoms with Gasteiger partial charge in [0.1, 0.15) is 5.75 Å². The molecule has 1 aromatic rings. The second-order valence-electron chi connectivity index (χ2n) is 2.98. The zero-order valence-electron chi connectivity index (χ0n) is 8.47. The van der Waals surface area contributed by atoms with E-state index in [0.29, 0.717) is 0 Å². The maximum Gasteiger partial charge on any atom is 0.419 e. The van der Waals surface area contributed by atoms with Gasteiger partial charge in [-0.25, -0.2) is 0 Å². The van der Waals surface area contributed by atoms with E-state index in [-0.39, 0.29) is 12.2 Å². The van der Waals surface area contributed by atoms with Gasteiger partial charge in [0.25, 0.3) is 5.91 Å². The number of ether oxygens (including phenoxy) is 1. The summed E-state index contributed by atoms with van der Waals surface area (Å²) in [6, 6.07) is 3.16. The van der Waals surface area contributed by atoms with Gasteiger partial charge in [0, 0.05) is 0 Å². The summed E-state index contributed by atoms with van der Waals surface area (Å²) >= 11 is 0. The third-order valence-corrected chi connectivity index (χ3v) is 1.87. The predicted octanol–water partition coefficient (Wildman–Crippen LogP) is 2.20. The monoisotopic (exact) mass is 233 g/mol. The van der Waals surface area contributed by atoms with E-state index in [2.05, 4.69) is 0 Å². The van der Waals surface area contributed by atoms with Crippen LogP contribution in [0.3, 0.4) is 0 Å². The molecule has 16 heavy (non-hydrogen) atoms. The van der Waals surface area contributed by atoms with Crippen molar-refractivity contribution >= 4 is 5.91 Å². The van der Waals surface area contributed by atoms with E-state index < -0.39 is 23.4 Å². The van der Waals surface area contributed by atoms with Crippen molar-refractivity contribution in [3.63, 3.8) is 0 Å². The van der Waals surface area contributed by atoms with Crippen LogP contribution in [0.2, 0.25) is 0 Å².